The van der Waals surface area contributed by atoms with Crippen molar-refractivity contribution in [3.8, 4) is 17.1 Å². The summed E-state index contributed by atoms with van der Waals surface area (Å²) in [4.78, 5) is 8.15. The summed E-state index contributed by atoms with van der Waals surface area (Å²) in [6.07, 6.45) is 4.12. The molecule has 0 aliphatic heterocycles. The maximum atomic E-state index is 4.78. The third-order valence-electron chi connectivity index (χ3n) is 5.82. The molecule has 162 valence electrons. The SMILES string of the molecule is Cc1cccc(-n2c(SCc3cn4c(C)cccc4n3)nnc2-c2c[nH]c3ccccc23)c1. The van der Waals surface area contributed by atoms with E-state index in [0.29, 0.717) is 5.75 Å². The van der Waals surface area contributed by atoms with Crippen LogP contribution in [0.3, 0.4) is 0 Å². The van der Waals surface area contributed by atoms with E-state index >= 15 is 0 Å². The van der Waals surface area contributed by atoms with E-state index in [2.05, 4.69) is 86.7 Å². The van der Waals surface area contributed by atoms with Crippen LogP contribution in [0.1, 0.15) is 17.0 Å². The lowest BCUT2D eigenvalue weighted by atomic mass is 10.1. The van der Waals surface area contributed by atoms with E-state index in [9.17, 15) is 0 Å². The number of nitrogens with one attached hydrogen (secondary N) is 1. The number of aromatic nitrogens is 6. The van der Waals surface area contributed by atoms with E-state index in [4.69, 9.17) is 4.98 Å². The fourth-order valence-corrected chi connectivity index (χ4v) is 5.04. The van der Waals surface area contributed by atoms with Crippen LogP contribution in [0.2, 0.25) is 0 Å². The molecule has 0 radical (unpaired) electrons. The molecule has 0 bridgehead atoms. The average molecular weight is 451 g/mol. The summed E-state index contributed by atoms with van der Waals surface area (Å²) in [7, 11) is 0. The predicted octanol–water partition coefficient (Wildman–Crippen LogP) is 5.97. The minimum atomic E-state index is 0.707. The van der Waals surface area contributed by atoms with Crippen LogP contribution in [-0.4, -0.2) is 29.1 Å². The second-order valence-electron chi connectivity index (χ2n) is 8.14. The standard InChI is InChI=1S/C26H22N6S/c1-17-7-5-9-20(13-17)32-25(22-14-27-23-11-4-3-10-21(22)23)29-30-26(32)33-16-19-15-31-18(2)8-6-12-24(31)28-19/h3-15,27H,16H2,1-2H3. The molecule has 0 saturated carbocycles. The number of thioether (sulfide) groups is 1. The number of benzene rings is 2. The summed E-state index contributed by atoms with van der Waals surface area (Å²) in [5.41, 5.74) is 7.51. The number of aromatic amines is 1. The number of imidazole rings is 1. The number of fused-ring (bicyclic) bond motifs is 2. The molecule has 2 aromatic carbocycles. The van der Waals surface area contributed by atoms with Crippen LogP contribution < -0.4 is 0 Å². The topological polar surface area (TPSA) is 63.8 Å². The summed E-state index contributed by atoms with van der Waals surface area (Å²) in [6.45, 7) is 4.19. The van der Waals surface area contributed by atoms with Crippen molar-refractivity contribution in [2.45, 2.75) is 24.8 Å². The fraction of sp³-hybridized carbons (Fsp3) is 0.115. The van der Waals surface area contributed by atoms with Crippen LogP contribution in [0.15, 0.2) is 84.3 Å². The van der Waals surface area contributed by atoms with Gasteiger partial charge in [-0.15, -0.1) is 10.2 Å². The Morgan fingerprint density at radius 3 is 2.70 bits per heavy atom. The Balaban J connectivity index is 1.43. The van der Waals surface area contributed by atoms with Crippen molar-refractivity contribution in [1.82, 2.24) is 29.1 Å². The van der Waals surface area contributed by atoms with Gasteiger partial charge in [-0.3, -0.25) is 4.57 Å². The first-order chi connectivity index (χ1) is 16.2. The van der Waals surface area contributed by atoms with Crippen molar-refractivity contribution < 1.29 is 0 Å². The molecule has 0 atom stereocenters. The highest BCUT2D eigenvalue weighted by Gasteiger charge is 2.19. The maximum absolute atomic E-state index is 4.78. The van der Waals surface area contributed by atoms with Crippen molar-refractivity contribution in [2.24, 2.45) is 0 Å². The number of H-pyrrole nitrogens is 1. The lowest BCUT2D eigenvalue weighted by molar-refractivity contribution is 0.884. The van der Waals surface area contributed by atoms with Crippen molar-refractivity contribution in [3.05, 3.63) is 96.1 Å². The normalized spacial score (nSPS) is 11.6. The highest BCUT2D eigenvalue weighted by molar-refractivity contribution is 7.98. The first-order valence-corrected chi connectivity index (χ1v) is 11.8. The summed E-state index contributed by atoms with van der Waals surface area (Å²) in [6, 6.07) is 22.9. The molecule has 7 heteroatoms. The Hall–Kier alpha value is -3.84. The van der Waals surface area contributed by atoms with Crippen LogP contribution in [0, 0.1) is 13.8 Å². The summed E-state index contributed by atoms with van der Waals surface area (Å²) in [5.74, 6) is 1.53. The van der Waals surface area contributed by atoms with Gasteiger partial charge in [-0.1, -0.05) is 48.2 Å². The average Bonchev–Trinajstić information content (AvgIpc) is 3.54. The number of aryl methyl sites for hydroxylation is 2. The van der Waals surface area contributed by atoms with E-state index in [1.807, 2.05) is 30.5 Å². The lowest BCUT2D eigenvalue weighted by Gasteiger charge is -2.10. The second kappa shape index (κ2) is 7.94. The number of rotatable bonds is 5. The molecule has 0 amide bonds. The van der Waals surface area contributed by atoms with E-state index in [0.717, 1.165) is 44.5 Å². The molecule has 4 heterocycles. The van der Waals surface area contributed by atoms with E-state index in [-0.39, 0.29) is 0 Å². The van der Waals surface area contributed by atoms with E-state index < -0.39 is 0 Å². The number of hydrogen-bond acceptors (Lipinski definition) is 4. The van der Waals surface area contributed by atoms with Crippen LogP contribution >= 0.6 is 11.8 Å². The number of para-hydroxylation sites is 1. The molecular weight excluding hydrogens is 428 g/mol. The Morgan fingerprint density at radius 1 is 0.939 bits per heavy atom. The molecule has 4 aromatic heterocycles. The molecule has 0 spiro atoms. The molecule has 6 nitrogen and oxygen atoms in total. The van der Waals surface area contributed by atoms with Crippen LogP contribution in [-0.2, 0) is 5.75 Å². The third-order valence-corrected chi connectivity index (χ3v) is 6.78. The van der Waals surface area contributed by atoms with Gasteiger partial charge in [-0.2, -0.15) is 0 Å². The first kappa shape index (κ1) is 19.8. The van der Waals surface area contributed by atoms with Crippen molar-refractivity contribution in [1.29, 1.82) is 0 Å². The molecule has 6 aromatic rings. The fourth-order valence-electron chi connectivity index (χ4n) is 4.20. The molecule has 33 heavy (non-hydrogen) atoms. The van der Waals surface area contributed by atoms with Gasteiger partial charge in [0, 0.05) is 46.0 Å². The zero-order valence-corrected chi connectivity index (χ0v) is 19.2. The number of pyridine rings is 1. The van der Waals surface area contributed by atoms with Gasteiger partial charge in [0.15, 0.2) is 11.0 Å². The van der Waals surface area contributed by atoms with Crippen molar-refractivity contribution >= 4 is 28.3 Å². The summed E-state index contributed by atoms with van der Waals surface area (Å²) < 4.78 is 4.27. The molecular formula is C26H22N6S. The number of hydrogen-bond donors (Lipinski definition) is 1. The van der Waals surface area contributed by atoms with Crippen LogP contribution in [0.25, 0.3) is 33.6 Å². The lowest BCUT2D eigenvalue weighted by Crippen LogP contribution is -2.00. The van der Waals surface area contributed by atoms with E-state index in [1.54, 1.807) is 11.8 Å². The zero-order valence-electron chi connectivity index (χ0n) is 18.4. The smallest absolute Gasteiger partial charge is 0.196 e. The molecule has 0 aliphatic carbocycles. The van der Waals surface area contributed by atoms with Crippen LogP contribution in [0.5, 0.6) is 0 Å². The molecule has 0 fully saturated rings. The first-order valence-electron chi connectivity index (χ1n) is 10.8. The predicted molar refractivity (Wildman–Crippen MR) is 133 cm³/mol. The van der Waals surface area contributed by atoms with Gasteiger partial charge in [-0.25, -0.2) is 4.98 Å². The minimum absolute atomic E-state index is 0.707. The Morgan fingerprint density at radius 2 is 1.82 bits per heavy atom. The highest BCUT2D eigenvalue weighted by Crippen LogP contribution is 2.33. The zero-order chi connectivity index (χ0) is 22.4. The maximum Gasteiger partial charge on any atom is 0.196 e. The van der Waals surface area contributed by atoms with Gasteiger partial charge in [0.25, 0.3) is 0 Å². The van der Waals surface area contributed by atoms with Gasteiger partial charge < -0.3 is 9.38 Å². The molecule has 6 rings (SSSR count). The van der Waals surface area contributed by atoms with Crippen molar-refractivity contribution in [3.63, 3.8) is 0 Å². The monoisotopic (exact) mass is 450 g/mol. The van der Waals surface area contributed by atoms with Gasteiger partial charge in [0.05, 0.1) is 5.69 Å². The Kier molecular flexibility index (Phi) is 4.77. The third kappa shape index (κ3) is 3.50. The Labute approximate surface area is 195 Å². The number of nitrogens with zero attached hydrogens (tertiary/aromatic N) is 5. The van der Waals surface area contributed by atoms with Gasteiger partial charge in [0.1, 0.15) is 5.65 Å². The van der Waals surface area contributed by atoms with Gasteiger partial charge in [-0.05, 0) is 49.7 Å². The summed E-state index contributed by atoms with van der Waals surface area (Å²) in [5, 5.41) is 11.2. The summed E-state index contributed by atoms with van der Waals surface area (Å²) >= 11 is 1.65. The molecule has 1 N–H and O–H groups in total. The molecule has 0 saturated heterocycles. The molecule has 0 aliphatic rings. The minimum Gasteiger partial charge on any atom is -0.360 e. The largest absolute Gasteiger partial charge is 0.360 e. The van der Waals surface area contributed by atoms with Gasteiger partial charge >= 0.3 is 0 Å². The molecule has 0 unspecified atom stereocenters. The van der Waals surface area contributed by atoms with Gasteiger partial charge in [0.2, 0.25) is 0 Å². The second-order valence-corrected chi connectivity index (χ2v) is 9.09. The van der Waals surface area contributed by atoms with Crippen LogP contribution in [0.4, 0.5) is 0 Å². The van der Waals surface area contributed by atoms with E-state index in [1.165, 1.54) is 11.3 Å². The Bertz CT molecular complexity index is 1610. The highest BCUT2D eigenvalue weighted by atomic mass is 32.2. The quantitative estimate of drug-likeness (QED) is 0.329. The van der Waals surface area contributed by atoms with Crippen molar-refractivity contribution in [2.75, 3.05) is 0 Å².